The van der Waals surface area contributed by atoms with Crippen LogP contribution in [-0.2, 0) is 28.6 Å². The quantitative estimate of drug-likeness (QED) is 0.0274. The van der Waals surface area contributed by atoms with Crippen molar-refractivity contribution in [3.63, 3.8) is 0 Å². The molecule has 0 heterocycles. The van der Waals surface area contributed by atoms with E-state index in [1.54, 1.807) is 0 Å². The molecule has 1 unspecified atom stereocenters. The molecule has 0 rings (SSSR count). The third-order valence-electron chi connectivity index (χ3n) is 8.77. The van der Waals surface area contributed by atoms with Crippen LogP contribution in [-0.4, -0.2) is 37.2 Å². The molecule has 0 aliphatic heterocycles. The Bertz CT molecular complexity index is 975. The Kier molecular flexibility index (Phi) is 38.6. The van der Waals surface area contributed by atoms with E-state index in [0.29, 0.717) is 19.3 Å². The van der Waals surface area contributed by atoms with Gasteiger partial charge in [-0.25, -0.2) is 0 Å². The van der Waals surface area contributed by atoms with Crippen molar-refractivity contribution in [2.24, 2.45) is 0 Å². The maximum absolute atomic E-state index is 12.6. The number of unbranched alkanes of at least 4 members (excludes halogenated alkanes) is 16. The Balaban J connectivity index is 4.45. The summed E-state index contributed by atoms with van der Waals surface area (Å²) in [6.07, 6.45) is 47.9. The molecule has 0 aliphatic rings. The van der Waals surface area contributed by atoms with Gasteiger partial charge in [0.05, 0.1) is 0 Å². The van der Waals surface area contributed by atoms with Gasteiger partial charge in [-0.1, -0.05) is 159 Å². The Morgan fingerprint density at radius 1 is 0.404 bits per heavy atom. The minimum absolute atomic E-state index is 0.0991. The van der Waals surface area contributed by atoms with E-state index in [9.17, 15) is 14.4 Å². The van der Waals surface area contributed by atoms with Crippen LogP contribution in [0.15, 0.2) is 60.8 Å². The molecule has 52 heavy (non-hydrogen) atoms. The van der Waals surface area contributed by atoms with Gasteiger partial charge in [-0.3, -0.25) is 14.4 Å². The molecule has 0 aromatic carbocycles. The lowest BCUT2D eigenvalue weighted by Gasteiger charge is -2.18. The molecule has 0 radical (unpaired) electrons. The number of hydrogen-bond donors (Lipinski definition) is 0. The van der Waals surface area contributed by atoms with E-state index in [4.69, 9.17) is 14.2 Å². The smallest absolute Gasteiger partial charge is 0.306 e. The standard InChI is InChI=1S/C46H78O6/c1-4-7-10-13-16-19-21-23-25-27-30-33-36-39-45(48)51-42-43(41-50-44(47)38-35-32-29-26-18-15-12-9-6-3)52-46(49)40-37-34-31-28-24-22-20-17-14-11-8-5-2/h8-9,11-12,17-18,20,24,26,28,43H,4-7,10,13-16,19,21-23,25,27,29-42H2,1-3H3/b11-8-,12-9-,20-17-,26-18-,28-24-. The van der Waals surface area contributed by atoms with Crippen molar-refractivity contribution < 1.29 is 28.6 Å². The highest BCUT2D eigenvalue weighted by atomic mass is 16.6. The summed E-state index contributed by atoms with van der Waals surface area (Å²) in [4.78, 5) is 37.5. The predicted molar refractivity (Wildman–Crippen MR) is 219 cm³/mol. The molecule has 0 amide bonds. The van der Waals surface area contributed by atoms with Crippen LogP contribution in [0.1, 0.15) is 194 Å². The average Bonchev–Trinajstić information content (AvgIpc) is 3.14. The van der Waals surface area contributed by atoms with Crippen LogP contribution < -0.4 is 0 Å². The summed E-state index contributed by atoms with van der Waals surface area (Å²) < 4.78 is 16.6. The molecule has 1 atom stereocenters. The van der Waals surface area contributed by atoms with E-state index in [2.05, 4.69) is 81.5 Å². The normalized spacial score (nSPS) is 12.6. The maximum Gasteiger partial charge on any atom is 0.306 e. The largest absolute Gasteiger partial charge is 0.462 e. The van der Waals surface area contributed by atoms with E-state index in [0.717, 1.165) is 83.5 Å². The molecule has 0 N–H and O–H groups in total. The number of allylic oxidation sites excluding steroid dienone is 10. The van der Waals surface area contributed by atoms with E-state index < -0.39 is 6.10 Å². The zero-order valence-electron chi connectivity index (χ0n) is 33.8. The van der Waals surface area contributed by atoms with Gasteiger partial charge in [0, 0.05) is 19.3 Å². The maximum atomic E-state index is 12.6. The first-order valence-corrected chi connectivity index (χ1v) is 21.3. The zero-order chi connectivity index (χ0) is 38.0. The highest BCUT2D eigenvalue weighted by Gasteiger charge is 2.19. The van der Waals surface area contributed by atoms with Crippen LogP contribution in [0, 0.1) is 0 Å². The fourth-order valence-corrected chi connectivity index (χ4v) is 5.61. The number of ether oxygens (including phenoxy) is 3. The SMILES string of the molecule is CC/C=C\C/C=C\C/C=C\CCCCC(=O)OC(COC(=O)CCCC/C=C\C/C=C\CC)COC(=O)CCCCCCCCCCCCCCC. The van der Waals surface area contributed by atoms with Gasteiger partial charge in [-0.15, -0.1) is 0 Å². The monoisotopic (exact) mass is 727 g/mol. The summed E-state index contributed by atoms with van der Waals surface area (Å²) in [6, 6.07) is 0. The van der Waals surface area contributed by atoms with E-state index in [1.807, 2.05) is 0 Å². The highest BCUT2D eigenvalue weighted by molar-refractivity contribution is 5.71. The van der Waals surface area contributed by atoms with Gasteiger partial charge in [0.25, 0.3) is 0 Å². The summed E-state index contributed by atoms with van der Waals surface area (Å²) in [5.74, 6) is -0.984. The molecule has 298 valence electrons. The molecule has 6 heteroatoms. The number of carbonyl (C=O) groups excluding carboxylic acids is 3. The first-order chi connectivity index (χ1) is 25.5. The molecule has 0 fully saturated rings. The summed E-state index contributed by atoms with van der Waals surface area (Å²) in [7, 11) is 0. The molecule has 0 bridgehead atoms. The zero-order valence-corrected chi connectivity index (χ0v) is 33.8. The molecular weight excluding hydrogens is 648 g/mol. The van der Waals surface area contributed by atoms with Crippen LogP contribution in [0.2, 0.25) is 0 Å². The van der Waals surface area contributed by atoms with Crippen LogP contribution in [0.25, 0.3) is 0 Å². The van der Waals surface area contributed by atoms with Crippen LogP contribution >= 0.6 is 0 Å². The van der Waals surface area contributed by atoms with E-state index >= 15 is 0 Å². The van der Waals surface area contributed by atoms with Crippen molar-refractivity contribution in [1.29, 1.82) is 0 Å². The van der Waals surface area contributed by atoms with Crippen molar-refractivity contribution >= 4 is 17.9 Å². The molecule has 0 aromatic heterocycles. The predicted octanol–water partition coefficient (Wildman–Crippen LogP) is 13.4. The molecule has 0 aromatic rings. The third-order valence-corrected chi connectivity index (χ3v) is 8.77. The van der Waals surface area contributed by atoms with E-state index in [1.165, 1.54) is 64.2 Å². The second-order valence-electron chi connectivity index (χ2n) is 13.8. The van der Waals surface area contributed by atoms with Crippen molar-refractivity contribution in [2.75, 3.05) is 13.2 Å². The van der Waals surface area contributed by atoms with Crippen molar-refractivity contribution in [3.8, 4) is 0 Å². The Morgan fingerprint density at radius 3 is 1.17 bits per heavy atom. The van der Waals surface area contributed by atoms with Gasteiger partial charge < -0.3 is 14.2 Å². The van der Waals surface area contributed by atoms with Crippen LogP contribution in [0.3, 0.4) is 0 Å². The molecular formula is C46H78O6. The molecule has 0 spiro atoms. The first-order valence-electron chi connectivity index (χ1n) is 21.3. The minimum atomic E-state index is -0.801. The lowest BCUT2D eigenvalue weighted by molar-refractivity contribution is -0.167. The topological polar surface area (TPSA) is 78.9 Å². The van der Waals surface area contributed by atoms with Crippen LogP contribution in [0.4, 0.5) is 0 Å². The van der Waals surface area contributed by atoms with Crippen LogP contribution in [0.5, 0.6) is 0 Å². The molecule has 0 aliphatic carbocycles. The second kappa shape index (κ2) is 40.9. The Labute approximate surface area is 320 Å². The van der Waals surface area contributed by atoms with Crippen molar-refractivity contribution in [2.45, 2.75) is 200 Å². The summed E-state index contributed by atoms with van der Waals surface area (Å²) in [5.41, 5.74) is 0. The van der Waals surface area contributed by atoms with Gasteiger partial charge >= 0.3 is 17.9 Å². The lowest BCUT2D eigenvalue weighted by Crippen LogP contribution is -2.30. The third kappa shape index (κ3) is 38.3. The minimum Gasteiger partial charge on any atom is -0.462 e. The number of hydrogen-bond acceptors (Lipinski definition) is 6. The van der Waals surface area contributed by atoms with Gasteiger partial charge in [0.15, 0.2) is 6.10 Å². The number of carbonyl (C=O) groups is 3. The fraction of sp³-hybridized carbons (Fsp3) is 0.717. The second-order valence-corrected chi connectivity index (χ2v) is 13.8. The average molecular weight is 727 g/mol. The lowest BCUT2D eigenvalue weighted by atomic mass is 10.0. The van der Waals surface area contributed by atoms with Gasteiger partial charge in [-0.05, 0) is 77.0 Å². The summed E-state index contributed by atoms with van der Waals surface area (Å²) in [6.45, 7) is 6.31. The summed E-state index contributed by atoms with van der Waals surface area (Å²) >= 11 is 0. The van der Waals surface area contributed by atoms with Crippen molar-refractivity contribution in [1.82, 2.24) is 0 Å². The molecule has 0 saturated carbocycles. The number of esters is 3. The fourth-order valence-electron chi connectivity index (χ4n) is 5.61. The summed E-state index contributed by atoms with van der Waals surface area (Å²) in [5, 5.41) is 0. The number of rotatable bonds is 37. The highest BCUT2D eigenvalue weighted by Crippen LogP contribution is 2.14. The van der Waals surface area contributed by atoms with Crippen molar-refractivity contribution in [3.05, 3.63) is 60.8 Å². The molecule has 0 saturated heterocycles. The van der Waals surface area contributed by atoms with E-state index in [-0.39, 0.29) is 37.5 Å². The molecule has 6 nitrogen and oxygen atoms in total. The Morgan fingerprint density at radius 2 is 0.750 bits per heavy atom. The van der Waals surface area contributed by atoms with Gasteiger partial charge in [0.2, 0.25) is 0 Å². The first kappa shape index (κ1) is 49.1. The van der Waals surface area contributed by atoms with Gasteiger partial charge in [0.1, 0.15) is 13.2 Å². The van der Waals surface area contributed by atoms with Gasteiger partial charge in [-0.2, -0.15) is 0 Å². The Hall–Kier alpha value is -2.89.